The smallest absolute Gasteiger partial charge is 0.433 e. The number of hydrazine groups is 1. The summed E-state index contributed by atoms with van der Waals surface area (Å²) in [6.07, 6.45) is -1.05. The Bertz CT molecular complexity index is 830. The molecule has 0 spiro atoms. The van der Waals surface area contributed by atoms with Crippen molar-refractivity contribution in [1.29, 1.82) is 0 Å². The quantitative estimate of drug-likeness (QED) is 0.199. The maximum Gasteiger partial charge on any atom is 0.433 e. The summed E-state index contributed by atoms with van der Waals surface area (Å²) in [4.78, 5) is 48.8. The van der Waals surface area contributed by atoms with Crippen LogP contribution in [-0.2, 0) is 19.0 Å². The molecular weight excluding hydrogens is 441 g/mol. The largest absolute Gasteiger partial charge is 0.468 e. The van der Waals surface area contributed by atoms with Crippen molar-refractivity contribution in [2.45, 2.75) is 13.8 Å². The van der Waals surface area contributed by atoms with Gasteiger partial charge in [-0.2, -0.15) is 5.01 Å². The lowest BCUT2D eigenvalue weighted by molar-refractivity contribution is -0.139. The first-order chi connectivity index (χ1) is 14.2. The molecule has 1 rings (SSSR count). The van der Waals surface area contributed by atoms with Gasteiger partial charge in [-0.15, -0.1) is 0 Å². The number of benzene rings is 1. The van der Waals surface area contributed by atoms with E-state index in [9.17, 15) is 19.2 Å². The molecule has 10 nitrogen and oxygen atoms in total. The average Bonchev–Trinajstić information content (AvgIpc) is 2.69. The number of esters is 1. The molecule has 2 N–H and O–H groups in total. The summed E-state index contributed by atoms with van der Waals surface area (Å²) in [5, 5.41) is 3.37. The van der Waals surface area contributed by atoms with Crippen LogP contribution in [0.4, 0.5) is 9.59 Å². The molecule has 30 heavy (non-hydrogen) atoms. The lowest BCUT2D eigenvalue weighted by atomic mass is 10.1. The van der Waals surface area contributed by atoms with Crippen molar-refractivity contribution in [1.82, 2.24) is 15.8 Å². The number of hydrogen-bond acceptors (Lipinski definition) is 8. The first-order valence-corrected chi connectivity index (χ1v) is 9.41. The lowest BCUT2D eigenvalue weighted by Crippen LogP contribution is -2.48. The number of nitrogens with zero attached hydrogens (tertiary/aromatic N) is 1. The molecule has 0 saturated heterocycles. The Morgan fingerprint density at radius 3 is 2.33 bits per heavy atom. The molecule has 0 heterocycles. The monoisotopic (exact) mass is 461 g/mol. The topological polar surface area (TPSA) is 123 Å². The zero-order valence-electron chi connectivity index (χ0n) is 16.5. The number of hydrogen-bond donors (Lipinski definition) is 2. The highest BCUT2D eigenvalue weighted by atomic mass is 35.5. The first-order valence-electron chi connectivity index (χ1n) is 8.65. The molecule has 2 amide bonds. The van der Waals surface area contributed by atoms with Crippen LogP contribution in [0, 0.1) is 0 Å². The van der Waals surface area contributed by atoms with Crippen molar-refractivity contribution in [2.24, 2.45) is 0 Å². The highest BCUT2D eigenvalue weighted by molar-refractivity contribution is 6.37. The van der Waals surface area contributed by atoms with E-state index in [1.165, 1.54) is 32.2 Å². The van der Waals surface area contributed by atoms with Crippen LogP contribution in [0.5, 0.6) is 0 Å². The summed E-state index contributed by atoms with van der Waals surface area (Å²) in [6.45, 7) is 2.74. The third-order valence-electron chi connectivity index (χ3n) is 3.29. The molecule has 0 bridgehead atoms. The summed E-state index contributed by atoms with van der Waals surface area (Å²) < 4.78 is 14.2. The zero-order chi connectivity index (χ0) is 22.7. The molecular formula is C18H21Cl2N3O7. The van der Waals surface area contributed by atoms with Crippen molar-refractivity contribution in [3.8, 4) is 0 Å². The van der Waals surface area contributed by atoms with Crippen LogP contribution in [-0.4, -0.2) is 55.8 Å². The minimum absolute atomic E-state index is 0.00584. The number of halogens is 2. The minimum atomic E-state index is -1.07. The van der Waals surface area contributed by atoms with Gasteiger partial charge in [-0.05, 0) is 32.0 Å². The molecule has 0 aliphatic rings. The van der Waals surface area contributed by atoms with Crippen LogP contribution in [0.1, 0.15) is 24.2 Å². The molecule has 12 heteroatoms. The number of ketones is 1. The van der Waals surface area contributed by atoms with E-state index in [4.69, 9.17) is 32.7 Å². The van der Waals surface area contributed by atoms with Gasteiger partial charge in [0.25, 0.3) is 0 Å². The molecule has 0 fully saturated rings. The number of carbonyl (C=O) groups excluding carboxylic acids is 4. The first kappa shape index (κ1) is 25.1. The van der Waals surface area contributed by atoms with E-state index >= 15 is 0 Å². The highest BCUT2D eigenvalue weighted by Crippen LogP contribution is 2.24. The normalized spacial score (nSPS) is 10.6. The SMILES string of the molecule is CCOC(=O)NN(C(=O)OCC)/C(=C\NCC(=O)OC)C(=O)c1ccc(Cl)cc1Cl. The molecule has 0 radical (unpaired) electrons. The fourth-order valence-electron chi connectivity index (χ4n) is 1.99. The minimum Gasteiger partial charge on any atom is -0.468 e. The second kappa shape index (κ2) is 12.6. The Balaban J connectivity index is 3.39. The van der Waals surface area contributed by atoms with Crippen LogP contribution >= 0.6 is 23.2 Å². The van der Waals surface area contributed by atoms with Gasteiger partial charge in [0.05, 0.1) is 25.3 Å². The molecule has 0 unspecified atom stereocenters. The summed E-state index contributed by atoms with van der Waals surface area (Å²) in [6, 6.07) is 4.10. The molecule has 1 aromatic rings. The van der Waals surface area contributed by atoms with Crippen LogP contribution in [0.25, 0.3) is 0 Å². The molecule has 1 aromatic carbocycles. The van der Waals surface area contributed by atoms with Gasteiger partial charge in [-0.1, -0.05) is 23.2 Å². The van der Waals surface area contributed by atoms with Crippen molar-refractivity contribution in [3.63, 3.8) is 0 Å². The molecule has 0 saturated carbocycles. The third-order valence-corrected chi connectivity index (χ3v) is 3.84. The summed E-state index contributed by atoms with van der Waals surface area (Å²) >= 11 is 12.0. The van der Waals surface area contributed by atoms with Crippen molar-refractivity contribution >= 4 is 47.1 Å². The van der Waals surface area contributed by atoms with Crippen LogP contribution < -0.4 is 10.7 Å². The zero-order valence-corrected chi connectivity index (χ0v) is 18.0. The standard InChI is InChI=1S/C18H21Cl2N3O7/c1-4-29-17(26)22-23(18(27)30-5-2)14(9-21-10-15(24)28-3)16(25)12-7-6-11(19)8-13(12)20/h6-9,21H,4-5,10H2,1-3H3,(H,22,26)/b14-9-. The summed E-state index contributed by atoms with van der Waals surface area (Å²) in [5.41, 5.74) is 1.69. The lowest BCUT2D eigenvalue weighted by Gasteiger charge is -2.24. The van der Waals surface area contributed by atoms with Gasteiger partial charge in [0.15, 0.2) is 0 Å². The number of nitrogens with one attached hydrogen (secondary N) is 2. The number of allylic oxidation sites excluding steroid dienone is 1. The van der Waals surface area contributed by atoms with Crippen LogP contribution in [0.15, 0.2) is 30.1 Å². The van der Waals surface area contributed by atoms with Gasteiger partial charge in [0.1, 0.15) is 12.2 Å². The van der Waals surface area contributed by atoms with E-state index in [1.54, 1.807) is 6.92 Å². The number of rotatable bonds is 8. The number of amides is 2. The van der Waals surface area contributed by atoms with E-state index in [0.717, 1.165) is 6.20 Å². The number of methoxy groups -OCH3 is 1. The number of carbonyl (C=O) groups is 4. The number of Topliss-reactive ketones (excluding diaryl/α,β-unsaturated/α-hetero) is 1. The van der Waals surface area contributed by atoms with Gasteiger partial charge in [0.2, 0.25) is 5.78 Å². The molecule has 0 atom stereocenters. The van der Waals surface area contributed by atoms with Crippen molar-refractivity contribution in [3.05, 3.63) is 45.7 Å². The van der Waals surface area contributed by atoms with E-state index in [1.807, 2.05) is 0 Å². The second-order valence-corrected chi connectivity index (χ2v) is 6.15. The predicted octanol–water partition coefficient (Wildman–Crippen LogP) is 2.90. The Morgan fingerprint density at radius 1 is 1.10 bits per heavy atom. The van der Waals surface area contributed by atoms with Crippen LogP contribution in [0.2, 0.25) is 10.0 Å². The van der Waals surface area contributed by atoms with Gasteiger partial charge in [-0.25, -0.2) is 15.0 Å². The van der Waals surface area contributed by atoms with Crippen LogP contribution in [0.3, 0.4) is 0 Å². The van der Waals surface area contributed by atoms with E-state index in [0.29, 0.717) is 5.01 Å². The predicted molar refractivity (Wildman–Crippen MR) is 108 cm³/mol. The summed E-state index contributed by atoms with van der Waals surface area (Å²) in [5.74, 6) is -1.41. The average molecular weight is 462 g/mol. The molecule has 0 aliphatic carbocycles. The van der Waals surface area contributed by atoms with Crippen molar-refractivity contribution in [2.75, 3.05) is 26.9 Å². The van der Waals surface area contributed by atoms with E-state index in [2.05, 4.69) is 15.5 Å². The van der Waals surface area contributed by atoms with Gasteiger partial charge in [-0.3, -0.25) is 9.59 Å². The maximum atomic E-state index is 13.1. The molecule has 0 aromatic heterocycles. The van der Waals surface area contributed by atoms with Gasteiger partial charge in [0, 0.05) is 16.8 Å². The van der Waals surface area contributed by atoms with Crippen molar-refractivity contribution < 1.29 is 33.4 Å². The van der Waals surface area contributed by atoms with E-state index in [-0.39, 0.29) is 35.4 Å². The van der Waals surface area contributed by atoms with E-state index < -0.39 is 29.6 Å². The maximum absolute atomic E-state index is 13.1. The fourth-order valence-corrected chi connectivity index (χ4v) is 2.49. The highest BCUT2D eigenvalue weighted by Gasteiger charge is 2.29. The fraction of sp³-hybridized carbons (Fsp3) is 0.333. The molecule has 0 aliphatic heterocycles. The van der Waals surface area contributed by atoms with Gasteiger partial charge < -0.3 is 19.5 Å². The Hall–Kier alpha value is -2.98. The second-order valence-electron chi connectivity index (χ2n) is 5.31. The summed E-state index contributed by atoms with van der Waals surface area (Å²) in [7, 11) is 1.18. The number of ether oxygens (including phenoxy) is 3. The Morgan fingerprint density at radius 2 is 1.77 bits per heavy atom. The Labute approximate surface area is 183 Å². The van der Waals surface area contributed by atoms with Gasteiger partial charge >= 0.3 is 18.2 Å². The molecule has 164 valence electrons. The third kappa shape index (κ3) is 7.45. The Kier molecular flexibility index (Phi) is 10.5.